The fourth-order valence-electron chi connectivity index (χ4n) is 2.92. The Morgan fingerprint density at radius 2 is 1.95 bits per heavy atom. The largest absolute Gasteiger partial charge is 0.342 e. The van der Waals surface area contributed by atoms with Gasteiger partial charge in [0.2, 0.25) is 0 Å². The summed E-state index contributed by atoms with van der Waals surface area (Å²) in [6, 6.07) is 2.62. The first-order valence-corrected chi connectivity index (χ1v) is 6.69. The first kappa shape index (κ1) is 12.5. The van der Waals surface area contributed by atoms with Crippen LogP contribution >= 0.6 is 0 Å². The number of nitrogens with two attached hydrogens (primary N) is 1. The molecular weight excluding hydrogens is 248 g/mol. The third-order valence-electron chi connectivity index (χ3n) is 3.96. The van der Waals surface area contributed by atoms with Gasteiger partial charge in [0.1, 0.15) is 11.3 Å². The number of nitrogens with one attached hydrogen (secondary N) is 1. The van der Waals surface area contributed by atoms with Crippen molar-refractivity contribution in [1.82, 2.24) is 9.97 Å². The summed E-state index contributed by atoms with van der Waals surface area (Å²) >= 11 is 0. The SMILES string of the molecule is NC1(Cc2nc3c(F)c(F)ccc3[nH]2)CCCCC1. The van der Waals surface area contributed by atoms with Crippen molar-refractivity contribution in [2.75, 3.05) is 0 Å². The molecule has 102 valence electrons. The number of benzene rings is 1. The Hall–Kier alpha value is -1.49. The summed E-state index contributed by atoms with van der Waals surface area (Å²) in [7, 11) is 0. The van der Waals surface area contributed by atoms with Crippen LogP contribution in [0.3, 0.4) is 0 Å². The maximum Gasteiger partial charge on any atom is 0.186 e. The molecule has 1 aliphatic rings. The lowest BCUT2D eigenvalue weighted by Crippen LogP contribution is -2.44. The van der Waals surface area contributed by atoms with E-state index < -0.39 is 11.6 Å². The number of hydrogen-bond donors (Lipinski definition) is 2. The van der Waals surface area contributed by atoms with Gasteiger partial charge in [-0.2, -0.15) is 0 Å². The number of halogens is 2. The van der Waals surface area contributed by atoms with E-state index in [4.69, 9.17) is 5.73 Å². The highest BCUT2D eigenvalue weighted by Gasteiger charge is 2.29. The molecule has 19 heavy (non-hydrogen) atoms. The molecule has 1 saturated carbocycles. The lowest BCUT2D eigenvalue weighted by molar-refractivity contribution is 0.290. The van der Waals surface area contributed by atoms with E-state index in [1.54, 1.807) is 0 Å². The second kappa shape index (κ2) is 4.56. The van der Waals surface area contributed by atoms with E-state index in [9.17, 15) is 8.78 Å². The van der Waals surface area contributed by atoms with Crippen molar-refractivity contribution < 1.29 is 8.78 Å². The Morgan fingerprint density at radius 3 is 2.68 bits per heavy atom. The van der Waals surface area contributed by atoms with E-state index in [2.05, 4.69) is 9.97 Å². The van der Waals surface area contributed by atoms with Crippen molar-refractivity contribution in [2.45, 2.75) is 44.1 Å². The highest BCUT2D eigenvalue weighted by Crippen LogP contribution is 2.29. The Balaban J connectivity index is 1.91. The van der Waals surface area contributed by atoms with Crippen molar-refractivity contribution in [3.8, 4) is 0 Å². The number of aromatic amines is 1. The number of fused-ring (bicyclic) bond motifs is 1. The normalized spacial score (nSPS) is 18.9. The second-order valence-corrected chi connectivity index (χ2v) is 5.54. The zero-order chi connectivity index (χ0) is 13.5. The molecule has 1 aliphatic carbocycles. The van der Waals surface area contributed by atoms with Crippen molar-refractivity contribution >= 4 is 11.0 Å². The van der Waals surface area contributed by atoms with Crippen LogP contribution in [0, 0.1) is 11.6 Å². The summed E-state index contributed by atoms with van der Waals surface area (Å²) in [4.78, 5) is 7.20. The van der Waals surface area contributed by atoms with Gasteiger partial charge in [0.15, 0.2) is 11.6 Å². The molecule has 3 nitrogen and oxygen atoms in total. The molecule has 0 spiro atoms. The summed E-state index contributed by atoms with van der Waals surface area (Å²) < 4.78 is 26.7. The van der Waals surface area contributed by atoms with Gasteiger partial charge in [0.05, 0.1) is 5.52 Å². The zero-order valence-electron chi connectivity index (χ0n) is 10.7. The molecule has 2 aromatic rings. The van der Waals surface area contributed by atoms with Gasteiger partial charge in [0, 0.05) is 12.0 Å². The molecule has 1 aromatic carbocycles. The smallest absolute Gasteiger partial charge is 0.186 e. The third-order valence-corrected chi connectivity index (χ3v) is 3.96. The molecule has 0 radical (unpaired) electrons. The predicted molar refractivity (Wildman–Crippen MR) is 69.7 cm³/mol. The molecule has 0 amide bonds. The Kier molecular flexibility index (Phi) is 3.01. The quantitative estimate of drug-likeness (QED) is 0.876. The second-order valence-electron chi connectivity index (χ2n) is 5.54. The van der Waals surface area contributed by atoms with E-state index in [0.717, 1.165) is 31.7 Å². The van der Waals surface area contributed by atoms with Crippen molar-refractivity contribution in [1.29, 1.82) is 0 Å². The van der Waals surface area contributed by atoms with Gasteiger partial charge < -0.3 is 10.7 Å². The number of H-pyrrole nitrogens is 1. The zero-order valence-corrected chi connectivity index (χ0v) is 10.7. The lowest BCUT2D eigenvalue weighted by atomic mass is 9.80. The number of nitrogens with zero attached hydrogens (tertiary/aromatic N) is 1. The van der Waals surface area contributed by atoms with E-state index in [-0.39, 0.29) is 11.1 Å². The van der Waals surface area contributed by atoms with E-state index >= 15 is 0 Å². The monoisotopic (exact) mass is 265 g/mol. The first-order valence-electron chi connectivity index (χ1n) is 6.69. The van der Waals surface area contributed by atoms with Crippen LogP contribution in [0.15, 0.2) is 12.1 Å². The fourth-order valence-corrected chi connectivity index (χ4v) is 2.92. The summed E-state index contributed by atoms with van der Waals surface area (Å²) in [6.45, 7) is 0. The predicted octanol–water partition coefficient (Wildman–Crippen LogP) is 3.05. The van der Waals surface area contributed by atoms with Gasteiger partial charge in [-0.05, 0) is 25.0 Å². The Bertz CT molecular complexity index is 600. The van der Waals surface area contributed by atoms with Crippen LogP contribution in [-0.4, -0.2) is 15.5 Å². The molecule has 0 bridgehead atoms. The van der Waals surface area contributed by atoms with Crippen LogP contribution in [0.5, 0.6) is 0 Å². The van der Waals surface area contributed by atoms with Crippen LogP contribution in [0.25, 0.3) is 11.0 Å². The highest BCUT2D eigenvalue weighted by molar-refractivity contribution is 5.75. The summed E-state index contributed by atoms with van der Waals surface area (Å²) in [5, 5.41) is 0. The third kappa shape index (κ3) is 2.34. The van der Waals surface area contributed by atoms with E-state index in [0.29, 0.717) is 17.8 Å². The minimum Gasteiger partial charge on any atom is -0.342 e. The number of imidazole rings is 1. The Morgan fingerprint density at radius 1 is 1.21 bits per heavy atom. The number of hydrogen-bond acceptors (Lipinski definition) is 2. The van der Waals surface area contributed by atoms with Crippen LogP contribution in [0.2, 0.25) is 0 Å². The van der Waals surface area contributed by atoms with Crippen LogP contribution in [-0.2, 0) is 6.42 Å². The van der Waals surface area contributed by atoms with Crippen LogP contribution in [0.4, 0.5) is 8.78 Å². The first-order chi connectivity index (χ1) is 9.07. The average Bonchev–Trinajstić information content (AvgIpc) is 2.77. The number of rotatable bonds is 2. The maximum absolute atomic E-state index is 13.6. The van der Waals surface area contributed by atoms with Gasteiger partial charge in [-0.25, -0.2) is 13.8 Å². The summed E-state index contributed by atoms with van der Waals surface area (Å²) in [5.74, 6) is -1.12. The molecular formula is C14H17F2N3. The van der Waals surface area contributed by atoms with Crippen molar-refractivity contribution in [3.05, 3.63) is 29.6 Å². The minimum atomic E-state index is -0.894. The summed E-state index contributed by atoms with van der Waals surface area (Å²) in [6.07, 6.45) is 5.98. The van der Waals surface area contributed by atoms with Crippen LogP contribution < -0.4 is 5.73 Å². The van der Waals surface area contributed by atoms with Gasteiger partial charge >= 0.3 is 0 Å². The topological polar surface area (TPSA) is 54.7 Å². The fraction of sp³-hybridized carbons (Fsp3) is 0.500. The molecule has 1 fully saturated rings. The lowest BCUT2D eigenvalue weighted by Gasteiger charge is -2.32. The van der Waals surface area contributed by atoms with Crippen LogP contribution in [0.1, 0.15) is 37.9 Å². The van der Waals surface area contributed by atoms with Gasteiger partial charge in [-0.15, -0.1) is 0 Å². The van der Waals surface area contributed by atoms with E-state index in [1.807, 2.05) is 0 Å². The van der Waals surface area contributed by atoms with Crippen molar-refractivity contribution in [2.24, 2.45) is 5.73 Å². The Labute approximate surface area is 110 Å². The van der Waals surface area contributed by atoms with Gasteiger partial charge in [0.25, 0.3) is 0 Å². The molecule has 0 aliphatic heterocycles. The molecule has 3 rings (SSSR count). The highest BCUT2D eigenvalue weighted by atomic mass is 19.2. The standard InChI is InChI=1S/C14H17F2N3/c15-9-4-5-10-13(12(9)16)19-11(18-10)8-14(17)6-2-1-3-7-14/h4-5H,1-3,6-8,17H2,(H,18,19). The number of aromatic nitrogens is 2. The van der Waals surface area contributed by atoms with Crippen molar-refractivity contribution in [3.63, 3.8) is 0 Å². The molecule has 0 saturated heterocycles. The van der Waals surface area contributed by atoms with Gasteiger partial charge in [-0.3, -0.25) is 0 Å². The van der Waals surface area contributed by atoms with Gasteiger partial charge in [-0.1, -0.05) is 19.3 Å². The van der Waals surface area contributed by atoms with E-state index in [1.165, 1.54) is 12.5 Å². The molecule has 3 N–H and O–H groups in total. The average molecular weight is 265 g/mol. The molecule has 1 heterocycles. The minimum absolute atomic E-state index is 0.0643. The maximum atomic E-state index is 13.6. The molecule has 5 heteroatoms. The molecule has 0 unspecified atom stereocenters. The summed E-state index contributed by atoms with van der Waals surface area (Å²) in [5.41, 5.74) is 6.68. The molecule has 1 aromatic heterocycles. The molecule has 0 atom stereocenters.